The van der Waals surface area contributed by atoms with Gasteiger partial charge in [-0.3, -0.25) is 4.79 Å². The minimum absolute atomic E-state index is 0.146. The van der Waals surface area contributed by atoms with Crippen LogP contribution < -0.4 is 11.1 Å². The number of hydrogen-bond acceptors (Lipinski definition) is 3. The molecule has 0 saturated heterocycles. The van der Waals surface area contributed by atoms with Crippen LogP contribution >= 0.6 is 0 Å². The number of alkyl halides is 3. The predicted octanol–water partition coefficient (Wildman–Crippen LogP) is 3.02. The fourth-order valence-corrected chi connectivity index (χ4v) is 3.47. The minimum atomic E-state index is -4.39. The fourth-order valence-electron chi connectivity index (χ4n) is 3.47. The number of hydrogen-bond donors (Lipinski definition) is 3. The summed E-state index contributed by atoms with van der Waals surface area (Å²) in [4.78, 5) is 12.0. The van der Waals surface area contributed by atoms with E-state index in [0.29, 0.717) is 17.9 Å². The molecule has 1 aliphatic carbocycles. The van der Waals surface area contributed by atoms with Crippen LogP contribution in [0.1, 0.15) is 49.7 Å². The lowest BCUT2D eigenvalue weighted by Crippen LogP contribution is -2.47. The minimum Gasteiger partial charge on any atom is -0.382 e. The molecular formula is C19H27F3N2O2. The van der Waals surface area contributed by atoms with Gasteiger partial charge >= 0.3 is 6.18 Å². The summed E-state index contributed by atoms with van der Waals surface area (Å²) in [6, 6.07) is 4.38. The van der Waals surface area contributed by atoms with E-state index in [1.807, 2.05) is 0 Å². The number of halogens is 3. The smallest absolute Gasteiger partial charge is 0.382 e. The van der Waals surface area contributed by atoms with Crippen molar-refractivity contribution in [1.82, 2.24) is 5.32 Å². The van der Waals surface area contributed by atoms with Crippen LogP contribution in [0.25, 0.3) is 0 Å². The molecule has 1 aliphatic rings. The van der Waals surface area contributed by atoms with E-state index >= 15 is 0 Å². The first-order chi connectivity index (χ1) is 12.3. The maximum absolute atomic E-state index is 12.7. The second-order valence-electron chi connectivity index (χ2n) is 7.09. The van der Waals surface area contributed by atoms with E-state index in [2.05, 4.69) is 5.32 Å². The van der Waals surface area contributed by atoms with Crippen molar-refractivity contribution in [3.05, 3.63) is 35.4 Å². The number of nitrogens with two attached hydrogens (primary N) is 1. The maximum Gasteiger partial charge on any atom is 0.416 e. The van der Waals surface area contributed by atoms with Crippen molar-refractivity contribution >= 4 is 5.91 Å². The Morgan fingerprint density at radius 2 is 1.96 bits per heavy atom. The Labute approximate surface area is 152 Å². The number of nitrogens with one attached hydrogen (secondary N) is 1. The van der Waals surface area contributed by atoms with Crippen molar-refractivity contribution in [1.29, 1.82) is 0 Å². The Hall–Kier alpha value is -1.60. The largest absolute Gasteiger partial charge is 0.416 e. The highest BCUT2D eigenvalue weighted by molar-refractivity contribution is 5.81. The fraction of sp³-hybridized carbons (Fsp3) is 0.632. The van der Waals surface area contributed by atoms with Crippen molar-refractivity contribution in [2.24, 2.45) is 11.7 Å². The van der Waals surface area contributed by atoms with E-state index in [1.165, 1.54) is 12.5 Å². The number of amides is 1. The highest BCUT2D eigenvalue weighted by atomic mass is 19.4. The molecule has 4 nitrogen and oxygen atoms in total. The molecule has 1 aromatic carbocycles. The van der Waals surface area contributed by atoms with Crippen molar-refractivity contribution < 1.29 is 23.1 Å². The third kappa shape index (κ3) is 6.29. The van der Waals surface area contributed by atoms with Gasteiger partial charge in [0, 0.05) is 12.6 Å². The topological polar surface area (TPSA) is 75.3 Å². The summed E-state index contributed by atoms with van der Waals surface area (Å²) in [7, 11) is 0. The monoisotopic (exact) mass is 372 g/mol. The molecule has 0 radical (unpaired) electrons. The van der Waals surface area contributed by atoms with Gasteiger partial charge in [-0.2, -0.15) is 13.2 Å². The average molecular weight is 372 g/mol. The molecule has 2 atom stereocenters. The summed E-state index contributed by atoms with van der Waals surface area (Å²) in [5, 5.41) is 12.6. The van der Waals surface area contributed by atoms with Gasteiger partial charge in [0.2, 0.25) is 5.91 Å². The van der Waals surface area contributed by atoms with Gasteiger partial charge in [0.15, 0.2) is 0 Å². The molecule has 146 valence electrons. The molecule has 1 unspecified atom stereocenters. The van der Waals surface area contributed by atoms with E-state index in [0.717, 1.165) is 37.8 Å². The van der Waals surface area contributed by atoms with Crippen molar-refractivity contribution in [2.45, 2.75) is 63.3 Å². The zero-order valence-electron chi connectivity index (χ0n) is 14.8. The van der Waals surface area contributed by atoms with Crippen LogP contribution in [0, 0.1) is 5.92 Å². The molecule has 1 aromatic rings. The number of aliphatic hydroxyl groups is 1. The summed E-state index contributed by atoms with van der Waals surface area (Å²) in [5.41, 5.74) is 5.72. The van der Waals surface area contributed by atoms with Gasteiger partial charge in [0.05, 0.1) is 5.56 Å². The van der Waals surface area contributed by atoms with Crippen molar-refractivity contribution in [2.75, 3.05) is 6.54 Å². The molecule has 0 bridgehead atoms. The van der Waals surface area contributed by atoms with Crippen LogP contribution in [0.3, 0.4) is 0 Å². The van der Waals surface area contributed by atoms with E-state index < -0.39 is 29.8 Å². The summed E-state index contributed by atoms with van der Waals surface area (Å²) < 4.78 is 38.1. The molecule has 4 N–H and O–H groups in total. The van der Waals surface area contributed by atoms with Gasteiger partial charge in [0.1, 0.15) is 6.10 Å². The van der Waals surface area contributed by atoms with Gasteiger partial charge in [-0.25, -0.2) is 0 Å². The molecule has 0 heterocycles. The van der Waals surface area contributed by atoms with E-state index in [1.54, 1.807) is 6.07 Å². The first-order valence-corrected chi connectivity index (χ1v) is 9.15. The van der Waals surface area contributed by atoms with E-state index in [9.17, 15) is 23.1 Å². The number of rotatable bonds is 7. The first-order valence-electron chi connectivity index (χ1n) is 9.15. The van der Waals surface area contributed by atoms with Gasteiger partial charge in [-0.1, -0.05) is 50.3 Å². The Balaban J connectivity index is 1.77. The van der Waals surface area contributed by atoms with Crippen LogP contribution in [0.2, 0.25) is 0 Å². The number of carbonyl (C=O) groups is 1. The highest BCUT2D eigenvalue weighted by Crippen LogP contribution is 2.29. The van der Waals surface area contributed by atoms with Gasteiger partial charge in [0.25, 0.3) is 0 Å². The van der Waals surface area contributed by atoms with Crippen molar-refractivity contribution in [3.8, 4) is 0 Å². The quantitative estimate of drug-likeness (QED) is 0.689. The molecule has 0 aliphatic heterocycles. The van der Waals surface area contributed by atoms with Gasteiger partial charge in [-0.05, 0) is 30.4 Å². The third-order valence-corrected chi connectivity index (χ3v) is 4.97. The third-order valence-electron chi connectivity index (χ3n) is 4.97. The predicted molar refractivity (Wildman–Crippen MR) is 93.3 cm³/mol. The van der Waals surface area contributed by atoms with Crippen LogP contribution in [0.15, 0.2) is 24.3 Å². The Kier molecular flexibility index (Phi) is 7.46. The van der Waals surface area contributed by atoms with Gasteiger partial charge < -0.3 is 16.2 Å². The Bertz CT molecular complexity index is 586. The molecule has 1 saturated carbocycles. The van der Waals surface area contributed by atoms with Crippen LogP contribution in [-0.2, 0) is 17.4 Å². The SMILES string of the molecule is N[C@H](CC1CCCCC1)C(O)C(=O)NCCc1cccc(C(F)(F)F)c1. The molecular weight excluding hydrogens is 345 g/mol. The lowest BCUT2D eigenvalue weighted by molar-refractivity contribution is -0.137. The van der Waals surface area contributed by atoms with Gasteiger partial charge in [-0.15, -0.1) is 0 Å². The number of aliphatic hydroxyl groups excluding tert-OH is 1. The second-order valence-corrected chi connectivity index (χ2v) is 7.09. The van der Waals surface area contributed by atoms with Crippen molar-refractivity contribution in [3.63, 3.8) is 0 Å². The number of carbonyl (C=O) groups excluding carboxylic acids is 1. The summed E-state index contributed by atoms with van der Waals surface area (Å²) in [5.74, 6) is -0.119. The zero-order valence-corrected chi connectivity index (χ0v) is 14.8. The standard InChI is InChI=1S/C19H27F3N2O2/c20-19(21,22)15-8-4-7-14(11-15)9-10-24-18(26)17(25)16(23)12-13-5-2-1-3-6-13/h4,7-8,11,13,16-17,25H,1-3,5-6,9-10,12,23H2,(H,24,26)/t16-,17?/m1/s1. The normalized spacial score (nSPS) is 18.3. The first kappa shape index (κ1) is 20.7. The second kappa shape index (κ2) is 9.37. The molecule has 2 rings (SSSR count). The lowest BCUT2D eigenvalue weighted by Gasteiger charge is -2.26. The molecule has 0 aromatic heterocycles. The van der Waals surface area contributed by atoms with E-state index in [4.69, 9.17) is 5.73 Å². The van der Waals surface area contributed by atoms with Crippen LogP contribution in [0.5, 0.6) is 0 Å². The summed E-state index contributed by atoms with van der Waals surface area (Å²) >= 11 is 0. The Morgan fingerprint density at radius 3 is 2.62 bits per heavy atom. The maximum atomic E-state index is 12.7. The molecule has 1 fully saturated rings. The Morgan fingerprint density at radius 1 is 1.27 bits per heavy atom. The molecule has 26 heavy (non-hydrogen) atoms. The van der Waals surface area contributed by atoms with E-state index in [-0.39, 0.29) is 13.0 Å². The zero-order chi connectivity index (χ0) is 19.2. The number of benzene rings is 1. The van der Waals surface area contributed by atoms with Crippen LogP contribution in [0.4, 0.5) is 13.2 Å². The summed E-state index contributed by atoms with van der Waals surface area (Å²) in [6.45, 7) is 0.146. The highest BCUT2D eigenvalue weighted by Gasteiger charge is 2.30. The summed E-state index contributed by atoms with van der Waals surface area (Å²) in [6.07, 6.45) is 0.898. The van der Waals surface area contributed by atoms with Crippen LogP contribution in [-0.4, -0.2) is 29.7 Å². The molecule has 7 heteroatoms. The average Bonchev–Trinajstić information content (AvgIpc) is 2.61. The lowest BCUT2D eigenvalue weighted by atomic mass is 9.84. The molecule has 0 spiro atoms. The molecule has 1 amide bonds.